The lowest BCUT2D eigenvalue weighted by Gasteiger charge is -2.26. The summed E-state index contributed by atoms with van der Waals surface area (Å²) in [6, 6.07) is 12.4. The third-order valence-electron chi connectivity index (χ3n) is 5.91. The molecule has 0 saturated carbocycles. The molecule has 1 N–H and O–H groups in total. The summed E-state index contributed by atoms with van der Waals surface area (Å²) in [5.41, 5.74) is 4.72. The van der Waals surface area contributed by atoms with Crippen LogP contribution in [0.5, 0.6) is 11.5 Å². The van der Waals surface area contributed by atoms with Gasteiger partial charge in [-0.25, -0.2) is 0 Å². The molecule has 2 aromatic rings. The number of nitrogens with one attached hydrogen (secondary N) is 1. The highest BCUT2D eigenvalue weighted by molar-refractivity contribution is 5.78. The molecule has 1 fully saturated rings. The molecule has 0 radical (unpaired) electrons. The molecule has 1 saturated heterocycles. The van der Waals surface area contributed by atoms with Crippen molar-refractivity contribution in [2.24, 2.45) is 0 Å². The first-order valence-corrected chi connectivity index (χ1v) is 10.3. The molecule has 1 amide bonds. The van der Waals surface area contributed by atoms with E-state index in [2.05, 4.69) is 42.3 Å². The van der Waals surface area contributed by atoms with Gasteiger partial charge in [-0.1, -0.05) is 18.2 Å². The predicted molar refractivity (Wildman–Crippen MR) is 116 cm³/mol. The van der Waals surface area contributed by atoms with Gasteiger partial charge in [0.25, 0.3) is 0 Å². The van der Waals surface area contributed by atoms with Crippen LogP contribution in [0.15, 0.2) is 36.4 Å². The Hall–Kier alpha value is -2.53. The zero-order valence-corrected chi connectivity index (χ0v) is 18.1. The van der Waals surface area contributed by atoms with Gasteiger partial charge >= 0.3 is 0 Å². The quantitative estimate of drug-likeness (QED) is 0.757. The zero-order valence-electron chi connectivity index (χ0n) is 18.1. The number of benzene rings is 2. The van der Waals surface area contributed by atoms with Crippen LogP contribution in [-0.2, 0) is 4.79 Å². The first-order valence-electron chi connectivity index (χ1n) is 10.3. The summed E-state index contributed by atoms with van der Waals surface area (Å²) in [4.78, 5) is 15.0. The van der Waals surface area contributed by atoms with Crippen LogP contribution in [0, 0.1) is 13.8 Å². The van der Waals surface area contributed by atoms with Crippen molar-refractivity contribution in [3.63, 3.8) is 0 Å². The molecule has 0 bridgehead atoms. The van der Waals surface area contributed by atoms with Crippen LogP contribution in [-0.4, -0.2) is 38.1 Å². The van der Waals surface area contributed by atoms with E-state index in [0.29, 0.717) is 6.54 Å². The fourth-order valence-electron chi connectivity index (χ4n) is 4.06. The smallest absolute Gasteiger partial charge is 0.234 e. The highest BCUT2D eigenvalue weighted by atomic mass is 16.5. The number of ether oxygens (including phenoxy) is 2. The lowest BCUT2D eigenvalue weighted by atomic mass is 10.0. The maximum atomic E-state index is 12.8. The average molecular weight is 397 g/mol. The van der Waals surface area contributed by atoms with Crippen molar-refractivity contribution in [3.05, 3.63) is 58.7 Å². The Morgan fingerprint density at radius 1 is 1.14 bits per heavy atom. The van der Waals surface area contributed by atoms with Gasteiger partial charge in [0, 0.05) is 11.6 Å². The number of carbonyl (C=O) groups excluding carboxylic acids is 1. The fraction of sp³-hybridized carbons (Fsp3) is 0.458. The van der Waals surface area contributed by atoms with E-state index >= 15 is 0 Å². The van der Waals surface area contributed by atoms with Crippen molar-refractivity contribution in [2.75, 3.05) is 27.3 Å². The maximum Gasteiger partial charge on any atom is 0.234 e. The van der Waals surface area contributed by atoms with Gasteiger partial charge in [0.1, 0.15) is 11.5 Å². The lowest BCUT2D eigenvalue weighted by Crippen LogP contribution is -2.38. The average Bonchev–Trinajstić information content (AvgIpc) is 3.17. The van der Waals surface area contributed by atoms with E-state index in [1.54, 1.807) is 14.2 Å². The molecule has 1 aliphatic rings. The van der Waals surface area contributed by atoms with Crippen molar-refractivity contribution < 1.29 is 14.3 Å². The third kappa shape index (κ3) is 4.91. The number of likely N-dealkylation sites (tertiary alicyclic amines) is 1. The first-order chi connectivity index (χ1) is 13.9. The summed E-state index contributed by atoms with van der Waals surface area (Å²) >= 11 is 0. The maximum absolute atomic E-state index is 12.8. The Bertz CT molecular complexity index is 865. The second kappa shape index (κ2) is 9.31. The zero-order chi connectivity index (χ0) is 21.0. The molecular formula is C24H32N2O3. The van der Waals surface area contributed by atoms with Gasteiger partial charge < -0.3 is 14.8 Å². The molecule has 1 heterocycles. The minimum atomic E-state index is -0.0193. The van der Waals surface area contributed by atoms with Crippen LogP contribution in [0.1, 0.15) is 54.1 Å². The number of rotatable bonds is 7. The molecule has 29 heavy (non-hydrogen) atoms. The first kappa shape index (κ1) is 21.2. The van der Waals surface area contributed by atoms with E-state index in [9.17, 15) is 4.79 Å². The van der Waals surface area contributed by atoms with Crippen molar-refractivity contribution in [3.8, 4) is 11.5 Å². The van der Waals surface area contributed by atoms with Gasteiger partial charge in [-0.15, -0.1) is 0 Å². The monoisotopic (exact) mass is 396 g/mol. The highest BCUT2D eigenvalue weighted by Gasteiger charge is 2.30. The molecular weight excluding hydrogens is 364 g/mol. The van der Waals surface area contributed by atoms with Gasteiger partial charge in [0.2, 0.25) is 5.91 Å². The van der Waals surface area contributed by atoms with Gasteiger partial charge in [0.15, 0.2) is 0 Å². The summed E-state index contributed by atoms with van der Waals surface area (Å²) in [5, 5.41) is 3.16. The number of hydrogen-bond acceptors (Lipinski definition) is 4. The highest BCUT2D eigenvalue weighted by Crippen LogP contribution is 2.38. The number of methoxy groups -OCH3 is 2. The number of nitrogens with zero attached hydrogens (tertiary/aromatic N) is 1. The Balaban J connectivity index is 1.69. The van der Waals surface area contributed by atoms with Gasteiger partial charge in [-0.05, 0) is 75.0 Å². The lowest BCUT2D eigenvalue weighted by molar-refractivity contribution is -0.123. The van der Waals surface area contributed by atoms with Crippen molar-refractivity contribution >= 4 is 5.91 Å². The third-order valence-corrected chi connectivity index (χ3v) is 5.91. The Kier molecular flexibility index (Phi) is 6.80. The molecule has 3 rings (SSSR count). The molecule has 156 valence electrons. The van der Waals surface area contributed by atoms with E-state index < -0.39 is 0 Å². The summed E-state index contributed by atoms with van der Waals surface area (Å²) in [6.07, 6.45) is 2.06. The molecule has 2 atom stereocenters. The SMILES string of the molecule is COc1ccc(OC)c([C@H]2CCCN2CC(=O)N[C@H](C)c2ccc(C)c(C)c2)c1. The van der Waals surface area contributed by atoms with E-state index in [1.807, 2.05) is 25.1 Å². The Morgan fingerprint density at radius 3 is 2.62 bits per heavy atom. The van der Waals surface area contributed by atoms with Crippen LogP contribution < -0.4 is 14.8 Å². The molecule has 5 nitrogen and oxygen atoms in total. The van der Waals surface area contributed by atoms with E-state index in [4.69, 9.17) is 9.47 Å². The number of carbonyl (C=O) groups is 1. The molecule has 0 aliphatic carbocycles. The van der Waals surface area contributed by atoms with Crippen LogP contribution in [0.2, 0.25) is 0 Å². The van der Waals surface area contributed by atoms with Gasteiger partial charge in [0.05, 0.1) is 26.8 Å². The standard InChI is InChI=1S/C24H32N2O3/c1-16-8-9-19(13-17(16)2)18(3)25-24(27)15-26-12-6-7-22(26)21-14-20(28-4)10-11-23(21)29-5/h8-11,13-14,18,22H,6-7,12,15H2,1-5H3,(H,25,27)/t18-,22-/m1/s1. The Labute approximate surface area is 174 Å². The summed E-state index contributed by atoms with van der Waals surface area (Å²) in [5.74, 6) is 1.69. The molecule has 0 unspecified atom stereocenters. The van der Waals surface area contributed by atoms with Crippen LogP contribution in [0.3, 0.4) is 0 Å². The molecule has 0 aromatic heterocycles. The van der Waals surface area contributed by atoms with Crippen molar-refractivity contribution in [1.29, 1.82) is 0 Å². The summed E-state index contributed by atoms with van der Waals surface area (Å²) in [7, 11) is 3.35. The van der Waals surface area contributed by atoms with Crippen LogP contribution >= 0.6 is 0 Å². The summed E-state index contributed by atoms with van der Waals surface area (Å²) in [6.45, 7) is 7.51. The normalized spacial score (nSPS) is 17.8. The van der Waals surface area contributed by atoms with E-state index in [1.165, 1.54) is 11.1 Å². The topological polar surface area (TPSA) is 50.8 Å². The molecule has 0 spiro atoms. The number of hydrogen-bond donors (Lipinski definition) is 1. The minimum absolute atomic E-state index is 0.0193. The van der Waals surface area contributed by atoms with Crippen molar-refractivity contribution in [2.45, 2.75) is 45.7 Å². The number of aryl methyl sites for hydroxylation is 2. The van der Waals surface area contributed by atoms with Crippen LogP contribution in [0.4, 0.5) is 0 Å². The van der Waals surface area contributed by atoms with Gasteiger partial charge in [-0.3, -0.25) is 9.69 Å². The molecule has 5 heteroatoms. The second-order valence-electron chi connectivity index (χ2n) is 7.87. The predicted octanol–water partition coefficient (Wildman–Crippen LogP) is 4.33. The van der Waals surface area contributed by atoms with Crippen molar-refractivity contribution in [1.82, 2.24) is 10.2 Å². The summed E-state index contributed by atoms with van der Waals surface area (Å²) < 4.78 is 11.0. The molecule has 1 aliphatic heterocycles. The fourth-order valence-corrected chi connectivity index (χ4v) is 4.06. The van der Waals surface area contributed by atoms with Gasteiger partial charge in [-0.2, -0.15) is 0 Å². The Morgan fingerprint density at radius 2 is 1.93 bits per heavy atom. The molecule has 2 aromatic carbocycles. The second-order valence-corrected chi connectivity index (χ2v) is 7.87. The van der Waals surface area contributed by atoms with Crippen LogP contribution in [0.25, 0.3) is 0 Å². The van der Waals surface area contributed by atoms with E-state index in [0.717, 1.165) is 42.0 Å². The van der Waals surface area contributed by atoms with E-state index in [-0.39, 0.29) is 18.0 Å². The largest absolute Gasteiger partial charge is 0.497 e. The minimum Gasteiger partial charge on any atom is -0.497 e. The number of amides is 1.